The van der Waals surface area contributed by atoms with E-state index in [9.17, 15) is 9.59 Å². The van der Waals surface area contributed by atoms with Gasteiger partial charge in [0.25, 0.3) is 5.91 Å². The highest BCUT2D eigenvalue weighted by molar-refractivity contribution is 6.30. The van der Waals surface area contributed by atoms with E-state index >= 15 is 0 Å². The van der Waals surface area contributed by atoms with E-state index in [1.807, 2.05) is 0 Å². The zero-order valence-corrected chi connectivity index (χ0v) is 16.2. The van der Waals surface area contributed by atoms with Crippen molar-refractivity contribution in [3.05, 3.63) is 47.2 Å². The van der Waals surface area contributed by atoms with Gasteiger partial charge in [-0.2, -0.15) is 9.78 Å². The second-order valence-electron chi connectivity index (χ2n) is 6.92. The van der Waals surface area contributed by atoms with Crippen LogP contribution in [-0.4, -0.2) is 39.4 Å². The molecule has 2 heterocycles. The van der Waals surface area contributed by atoms with Gasteiger partial charge in [-0.15, -0.1) is 0 Å². The lowest BCUT2D eigenvalue weighted by molar-refractivity contribution is 0.0523. The van der Waals surface area contributed by atoms with Crippen LogP contribution in [0.25, 0.3) is 22.2 Å². The number of hydrogen-bond acceptors (Lipinski definition) is 5. The molecular formula is C19H19ClN4O3. The first kappa shape index (κ1) is 18.8. The van der Waals surface area contributed by atoms with Crippen molar-refractivity contribution >= 4 is 34.5 Å². The van der Waals surface area contributed by atoms with E-state index in [0.717, 1.165) is 5.56 Å². The molecule has 0 radical (unpaired) electrons. The molecule has 0 aliphatic carbocycles. The van der Waals surface area contributed by atoms with Gasteiger partial charge in [0.2, 0.25) is 0 Å². The minimum Gasteiger partial charge on any atom is -0.442 e. The van der Waals surface area contributed by atoms with Crippen LogP contribution in [0.5, 0.6) is 0 Å². The fourth-order valence-corrected chi connectivity index (χ4v) is 2.73. The molecule has 0 spiro atoms. The predicted octanol–water partition coefficient (Wildman–Crippen LogP) is 3.89. The van der Waals surface area contributed by atoms with E-state index in [4.69, 9.17) is 16.3 Å². The van der Waals surface area contributed by atoms with E-state index in [2.05, 4.69) is 15.4 Å². The standard InChI is InChI=1S/C19H19ClN4O3/c1-19(2,3)27-18(26)24-14-10-22-15(20)9-13(14)16(23-24)11-5-7-12(8-6-11)17(25)21-4/h5-10H,1-4H3,(H,21,25). The van der Waals surface area contributed by atoms with Crippen molar-refractivity contribution in [2.45, 2.75) is 26.4 Å². The summed E-state index contributed by atoms with van der Waals surface area (Å²) in [5.74, 6) is -0.182. The normalized spacial score (nSPS) is 11.4. The van der Waals surface area contributed by atoms with Gasteiger partial charge in [0, 0.05) is 23.6 Å². The highest BCUT2D eigenvalue weighted by atomic mass is 35.5. The minimum atomic E-state index is -0.662. The van der Waals surface area contributed by atoms with E-state index in [0.29, 0.717) is 22.2 Å². The maximum atomic E-state index is 12.6. The van der Waals surface area contributed by atoms with E-state index in [1.165, 1.54) is 10.9 Å². The van der Waals surface area contributed by atoms with Gasteiger partial charge in [-0.1, -0.05) is 23.7 Å². The van der Waals surface area contributed by atoms with Crippen LogP contribution >= 0.6 is 11.6 Å². The summed E-state index contributed by atoms with van der Waals surface area (Å²) in [6.45, 7) is 5.35. The molecule has 2 aromatic heterocycles. The number of carbonyl (C=O) groups is 2. The first-order valence-electron chi connectivity index (χ1n) is 8.30. The molecule has 27 heavy (non-hydrogen) atoms. The number of nitrogens with one attached hydrogen (secondary N) is 1. The summed E-state index contributed by atoms with van der Waals surface area (Å²) in [6, 6.07) is 8.55. The molecule has 0 aliphatic rings. The number of hydrogen-bond donors (Lipinski definition) is 1. The highest BCUT2D eigenvalue weighted by Gasteiger charge is 2.23. The summed E-state index contributed by atoms with van der Waals surface area (Å²) in [5.41, 5.74) is 1.63. The molecule has 8 heteroatoms. The van der Waals surface area contributed by atoms with Crippen molar-refractivity contribution in [1.82, 2.24) is 20.1 Å². The SMILES string of the molecule is CNC(=O)c1ccc(-c2nn(C(=O)OC(C)(C)C)c3cnc(Cl)cc23)cc1. The smallest absolute Gasteiger partial charge is 0.435 e. The Morgan fingerprint density at radius 1 is 1.19 bits per heavy atom. The fourth-order valence-electron chi connectivity index (χ4n) is 2.57. The summed E-state index contributed by atoms with van der Waals surface area (Å²) < 4.78 is 6.60. The van der Waals surface area contributed by atoms with Crippen LogP contribution in [0.3, 0.4) is 0 Å². The van der Waals surface area contributed by atoms with Crippen LogP contribution < -0.4 is 5.32 Å². The first-order valence-corrected chi connectivity index (χ1v) is 8.67. The molecule has 3 aromatic rings. The molecular weight excluding hydrogens is 368 g/mol. The number of nitrogens with zero attached hydrogens (tertiary/aromatic N) is 3. The number of carbonyl (C=O) groups excluding carboxylic acids is 2. The molecule has 7 nitrogen and oxygen atoms in total. The lowest BCUT2D eigenvalue weighted by Gasteiger charge is -2.19. The van der Waals surface area contributed by atoms with Crippen LogP contribution in [0.15, 0.2) is 36.5 Å². The van der Waals surface area contributed by atoms with Crippen LogP contribution in [0, 0.1) is 0 Å². The third-order valence-electron chi connectivity index (χ3n) is 3.75. The average Bonchev–Trinajstić information content (AvgIpc) is 2.98. The molecule has 0 bridgehead atoms. The number of halogens is 1. The lowest BCUT2D eigenvalue weighted by atomic mass is 10.1. The molecule has 1 amide bonds. The van der Waals surface area contributed by atoms with Gasteiger partial charge in [0.1, 0.15) is 16.4 Å². The molecule has 1 aromatic carbocycles. The number of amides is 1. The van der Waals surface area contributed by atoms with Gasteiger partial charge < -0.3 is 10.1 Å². The van der Waals surface area contributed by atoms with Crippen molar-refractivity contribution in [3.8, 4) is 11.3 Å². The van der Waals surface area contributed by atoms with Crippen molar-refractivity contribution < 1.29 is 14.3 Å². The topological polar surface area (TPSA) is 86.1 Å². The largest absolute Gasteiger partial charge is 0.442 e. The Morgan fingerprint density at radius 2 is 1.85 bits per heavy atom. The number of benzene rings is 1. The fraction of sp³-hybridized carbons (Fsp3) is 0.263. The van der Waals surface area contributed by atoms with Crippen molar-refractivity contribution in [1.29, 1.82) is 0 Å². The Balaban J connectivity index is 2.11. The molecule has 0 unspecified atom stereocenters. The van der Waals surface area contributed by atoms with Gasteiger partial charge >= 0.3 is 6.09 Å². The van der Waals surface area contributed by atoms with Gasteiger partial charge in [0.05, 0.1) is 11.7 Å². The summed E-state index contributed by atoms with van der Waals surface area (Å²) in [5, 5.41) is 7.94. The number of pyridine rings is 1. The van der Waals surface area contributed by atoms with Gasteiger partial charge in [0.15, 0.2) is 0 Å². The second kappa shape index (κ2) is 7.00. The Hall–Kier alpha value is -2.93. The Morgan fingerprint density at radius 3 is 2.44 bits per heavy atom. The quantitative estimate of drug-likeness (QED) is 0.675. The summed E-state index contributed by atoms with van der Waals surface area (Å²) in [6.07, 6.45) is 0.877. The summed E-state index contributed by atoms with van der Waals surface area (Å²) in [4.78, 5) is 28.3. The van der Waals surface area contributed by atoms with Gasteiger partial charge in [-0.25, -0.2) is 9.78 Å². The maximum Gasteiger partial charge on any atom is 0.435 e. The summed E-state index contributed by atoms with van der Waals surface area (Å²) in [7, 11) is 1.57. The van der Waals surface area contributed by atoms with E-state index < -0.39 is 11.7 Å². The highest BCUT2D eigenvalue weighted by Crippen LogP contribution is 2.30. The Kier molecular flexibility index (Phi) is 4.89. The van der Waals surface area contributed by atoms with Gasteiger partial charge in [-0.05, 0) is 39.0 Å². The van der Waals surface area contributed by atoms with E-state index in [1.54, 1.807) is 58.2 Å². The minimum absolute atomic E-state index is 0.182. The number of ether oxygens (including phenoxy) is 1. The van der Waals surface area contributed by atoms with Crippen LogP contribution in [-0.2, 0) is 4.74 Å². The molecule has 0 aliphatic heterocycles. The predicted molar refractivity (Wildman–Crippen MR) is 103 cm³/mol. The number of fused-ring (bicyclic) bond motifs is 1. The van der Waals surface area contributed by atoms with E-state index in [-0.39, 0.29) is 11.1 Å². The number of aromatic nitrogens is 3. The first-order chi connectivity index (χ1) is 12.7. The third kappa shape index (κ3) is 3.93. The molecule has 0 saturated carbocycles. The molecule has 140 valence electrons. The zero-order chi connectivity index (χ0) is 19.8. The molecule has 3 rings (SSSR count). The average molecular weight is 387 g/mol. The third-order valence-corrected chi connectivity index (χ3v) is 3.95. The lowest BCUT2D eigenvalue weighted by Crippen LogP contribution is -2.27. The molecule has 0 fully saturated rings. The van der Waals surface area contributed by atoms with Crippen molar-refractivity contribution in [2.75, 3.05) is 7.05 Å². The maximum absolute atomic E-state index is 12.6. The summed E-state index contributed by atoms with van der Waals surface area (Å²) >= 11 is 6.04. The van der Waals surface area contributed by atoms with Crippen LogP contribution in [0.2, 0.25) is 5.15 Å². The van der Waals surface area contributed by atoms with Crippen LogP contribution in [0.4, 0.5) is 4.79 Å². The number of rotatable bonds is 2. The Labute approximate surface area is 161 Å². The molecule has 0 saturated heterocycles. The Bertz CT molecular complexity index is 1020. The van der Waals surface area contributed by atoms with Crippen molar-refractivity contribution in [2.24, 2.45) is 0 Å². The second-order valence-corrected chi connectivity index (χ2v) is 7.31. The molecule has 1 N–H and O–H groups in total. The van der Waals surface area contributed by atoms with Crippen LogP contribution in [0.1, 0.15) is 31.1 Å². The van der Waals surface area contributed by atoms with Crippen molar-refractivity contribution in [3.63, 3.8) is 0 Å². The zero-order valence-electron chi connectivity index (χ0n) is 15.4. The van der Waals surface area contributed by atoms with Gasteiger partial charge in [-0.3, -0.25) is 4.79 Å². The monoisotopic (exact) mass is 386 g/mol. The molecule has 0 atom stereocenters.